The number of benzene rings is 2. The molecule has 0 saturated heterocycles. The molecular weight excluding hydrogens is 302 g/mol. The third-order valence-electron chi connectivity index (χ3n) is 4.39. The molecule has 0 fully saturated rings. The fourth-order valence-electron chi connectivity index (χ4n) is 2.77. The van der Waals surface area contributed by atoms with E-state index in [9.17, 15) is 9.90 Å². The van der Waals surface area contributed by atoms with Crippen LogP contribution in [0.25, 0.3) is 5.69 Å². The van der Waals surface area contributed by atoms with Crippen LogP contribution in [0.3, 0.4) is 0 Å². The number of hydrogen-bond acceptors (Lipinski definition) is 3. The number of rotatable bonds is 4. The Morgan fingerprint density at radius 2 is 1.92 bits per heavy atom. The summed E-state index contributed by atoms with van der Waals surface area (Å²) in [6, 6.07) is 11.6. The molecule has 0 bridgehead atoms. The fourth-order valence-corrected chi connectivity index (χ4v) is 2.77. The Bertz CT molecular complexity index is 882. The van der Waals surface area contributed by atoms with Crippen LogP contribution < -0.4 is 5.73 Å². The molecule has 5 nitrogen and oxygen atoms in total. The van der Waals surface area contributed by atoms with Crippen molar-refractivity contribution in [2.24, 2.45) is 0 Å². The zero-order valence-electron chi connectivity index (χ0n) is 13.7. The summed E-state index contributed by atoms with van der Waals surface area (Å²) in [4.78, 5) is 11.4. The number of nitrogens with two attached hydrogens (primary N) is 1. The van der Waals surface area contributed by atoms with Crippen molar-refractivity contribution in [3.05, 3.63) is 76.6 Å². The van der Waals surface area contributed by atoms with Gasteiger partial charge in [0.05, 0.1) is 11.3 Å². The largest absolute Gasteiger partial charge is 0.478 e. The summed E-state index contributed by atoms with van der Waals surface area (Å²) in [5.74, 6) is -0.995. The number of nitrogen functional groups attached to an aromatic ring is 1. The topological polar surface area (TPSA) is 81.1 Å². The van der Waals surface area contributed by atoms with E-state index in [-0.39, 0.29) is 5.56 Å². The molecule has 0 aliphatic heterocycles. The zero-order valence-corrected chi connectivity index (χ0v) is 13.7. The van der Waals surface area contributed by atoms with Crippen LogP contribution in [0.1, 0.15) is 32.6 Å². The molecule has 0 spiro atoms. The molecule has 3 aromatic rings. The molecule has 0 saturated carbocycles. The first-order valence-corrected chi connectivity index (χ1v) is 7.68. The number of carboxylic acid groups (broad SMARTS) is 1. The monoisotopic (exact) mass is 321 g/mol. The summed E-state index contributed by atoms with van der Waals surface area (Å²) in [6.45, 7) is 3.84. The van der Waals surface area contributed by atoms with E-state index in [1.54, 1.807) is 16.9 Å². The second-order valence-electron chi connectivity index (χ2n) is 5.85. The lowest BCUT2D eigenvalue weighted by molar-refractivity contribution is 0.0698. The minimum absolute atomic E-state index is 0.168. The van der Waals surface area contributed by atoms with Crippen LogP contribution in [0.2, 0.25) is 0 Å². The third kappa shape index (κ3) is 2.88. The van der Waals surface area contributed by atoms with Crippen molar-refractivity contribution in [1.82, 2.24) is 9.78 Å². The highest BCUT2D eigenvalue weighted by atomic mass is 16.4. The average Bonchev–Trinajstić information content (AvgIpc) is 3.10. The number of carbonyl (C=O) groups is 1. The maximum Gasteiger partial charge on any atom is 0.337 e. The summed E-state index contributed by atoms with van der Waals surface area (Å²) in [5.41, 5.74) is 11.4. The van der Waals surface area contributed by atoms with E-state index >= 15 is 0 Å². The predicted octanol–water partition coefficient (Wildman–Crippen LogP) is 3.36. The molecule has 5 heteroatoms. The highest BCUT2D eigenvalue weighted by molar-refractivity contribution is 5.95. The van der Waals surface area contributed by atoms with Crippen LogP contribution >= 0.6 is 0 Å². The minimum atomic E-state index is -0.995. The van der Waals surface area contributed by atoms with Crippen molar-refractivity contribution in [1.29, 1.82) is 0 Å². The number of aromatic nitrogens is 2. The Hall–Kier alpha value is -3.08. The summed E-state index contributed by atoms with van der Waals surface area (Å²) in [7, 11) is 0. The molecule has 3 N–H and O–H groups in total. The van der Waals surface area contributed by atoms with E-state index in [2.05, 4.69) is 5.10 Å². The highest BCUT2D eigenvalue weighted by Gasteiger charge is 2.15. The number of carboxylic acids is 1. The summed E-state index contributed by atoms with van der Waals surface area (Å²) in [5, 5.41) is 13.5. The molecule has 0 amide bonds. The first-order chi connectivity index (χ1) is 11.5. The average molecular weight is 321 g/mol. The van der Waals surface area contributed by atoms with Crippen LogP contribution in [0.5, 0.6) is 0 Å². The Kier molecular flexibility index (Phi) is 4.08. The summed E-state index contributed by atoms with van der Waals surface area (Å²) >= 11 is 0. The van der Waals surface area contributed by atoms with Crippen molar-refractivity contribution < 1.29 is 9.90 Å². The van der Waals surface area contributed by atoms with Crippen LogP contribution in [0.15, 0.2) is 48.8 Å². The normalized spacial score (nSPS) is 10.8. The van der Waals surface area contributed by atoms with Crippen LogP contribution in [0.4, 0.5) is 5.69 Å². The smallest absolute Gasteiger partial charge is 0.337 e. The molecule has 0 aliphatic carbocycles. The van der Waals surface area contributed by atoms with E-state index in [4.69, 9.17) is 5.73 Å². The zero-order chi connectivity index (χ0) is 17.3. The van der Waals surface area contributed by atoms with E-state index in [0.29, 0.717) is 12.1 Å². The first-order valence-electron chi connectivity index (χ1n) is 7.68. The van der Waals surface area contributed by atoms with Crippen molar-refractivity contribution in [2.45, 2.75) is 20.3 Å². The first kappa shape index (κ1) is 15.8. The molecular formula is C19H19N3O2. The molecule has 3 rings (SSSR count). The summed E-state index contributed by atoms with van der Waals surface area (Å²) in [6.07, 6.45) is 4.29. The number of aromatic carboxylic acids is 1. The van der Waals surface area contributed by atoms with Crippen molar-refractivity contribution in [3.63, 3.8) is 0 Å². The van der Waals surface area contributed by atoms with Gasteiger partial charge in [-0.15, -0.1) is 0 Å². The fraction of sp³-hybridized carbons (Fsp3) is 0.158. The van der Waals surface area contributed by atoms with Gasteiger partial charge in [0.25, 0.3) is 0 Å². The lowest BCUT2D eigenvalue weighted by atomic mass is 9.93. The van der Waals surface area contributed by atoms with Gasteiger partial charge in [-0.2, -0.15) is 5.10 Å². The van der Waals surface area contributed by atoms with Gasteiger partial charge in [-0.05, 0) is 66.8 Å². The molecule has 2 aromatic carbocycles. The Balaban J connectivity index is 1.92. The lowest BCUT2D eigenvalue weighted by Crippen LogP contribution is -2.08. The van der Waals surface area contributed by atoms with Crippen LogP contribution in [0, 0.1) is 13.8 Å². The summed E-state index contributed by atoms with van der Waals surface area (Å²) < 4.78 is 1.80. The molecule has 0 aliphatic rings. The molecule has 24 heavy (non-hydrogen) atoms. The van der Waals surface area contributed by atoms with Crippen LogP contribution in [-0.4, -0.2) is 20.9 Å². The third-order valence-corrected chi connectivity index (χ3v) is 4.39. The van der Waals surface area contributed by atoms with Gasteiger partial charge in [-0.3, -0.25) is 0 Å². The number of hydrogen-bond donors (Lipinski definition) is 2. The van der Waals surface area contributed by atoms with Gasteiger partial charge in [-0.1, -0.05) is 12.1 Å². The van der Waals surface area contributed by atoms with Crippen LogP contribution in [-0.2, 0) is 6.42 Å². The van der Waals surface area contributed by atoms with Crippen molar-refractivity contribution in [2.75, 3.05) is 5.73 Å². The molecule has 0 unspecified atom stereocenters. The second-order valence-corrected chi connectivity index (χ2v) is 5.85. The molecule has 0 radical (unpaired) electrons. The lowest BCUT2D eigenvalue weighted by Gasteiger charge is -2.14. The van der Waals surface area contributed by atoms with Crippen molar-refractivity contribution in [3.8, 4) is 5.69 Å². The maximum atomic E-state index is 11.4. The van der Waals surface area contributed by atoms with E-state index in [1.807, 2.05) is 50.4 Å². The molecule has 1 heterocycles. The van der Waals surface area contributed by atoms with Gasteiger partial charge in [0, 0.05) is 18.1 Å². The van der Waals surface area contributed by atoms with Gasteiger partial charge < -0.3 is 10.8 Å². The predicted molar refractivity (Wildman–Crippen MR) is 93.7 cm³/mol. The second kappa shape index (κ2) is 6.20. The molecule has 1 aromatic heterocycles. The molecule has 122 valence electrons. The van der Waals surface area contributed by atoms with Gasteiger partial charge >= 0.3 is 5.97 Å². The van der Waals surface area contributed by atoms with Gasteiger partial charge in [0.15, 0.2) is 0 Å². The molecule has 0 atom stereocenters. The van der Waals surface area contributed by atoms with E-state index < -0.39 is 5.97 Å². The van der Waals surface area contributed by atoms with E-state index in [1.165, 1.54) is 0 Å². The maximum absolute atomic E-state index is 11.4. The van der Waals surface area contributed by atoms with Crippen molar-refractivity contribution >= 4 is 11.7 Å². The van der Waals surface area contributed by atoms with Gasteiger partial charge in [0.1, 0.15) is 0 Å². The number of nitrogens with zero attached hydrogens (tertiary/aromatic N) is 2. The van der Waals surface area contributed by atoms with E-state index in [0.717, 1.165) is 27.9 Å². The van der Waals surface area contributed by atoms with Gasteiger partial charge in [0.2, 0.25) is 0 Å². The Morgan fingerprint density at radius 1 is 1.21 bits per heavy atom. The quantitative estimate of drug-likeness (QED) is 0.722. The SMILES string of the molecule is Cc1c(Cc2ccc(-n3cccn3)cc2)cc(C(=O)O)c(N)c1C. The standard InChI is InChI=1S/C19H19N3O2/c1-12-13(2)18(20)17(19(23)24)11-15(12)10-14-4-6-16(7-5-14)22-9-3-8-21-22/h3-9,11H,10,20H2,1-2H3,(H,23,24). The number of anilines is 1. The minimum Gasteiger partial charge on any atom is -0.478 e. The van der Waals surface area contributed by atoms with Gasteiger partial charge in [-0.25, -0.2) is 9.48 Å². The Labute approximate surface area is 140 Å². The Morgan fingerprint density at radius 3 is 2.50 bits per heavy atom. The highest BCUT2D eigenvalue weighted by Crippen LogP contribution is 2.26.